The first-order chi connectivity index (χ1) is 6.63. The van der Waals surface area contributed by atoms with Crippen molar-refractivity contribution in [2.24, 2.45) is 5.73 Å². The van der Waals surface area contributed by atoms with Gasteiger partial charge in [-0.15, -0.1) is 0 Å². The average molecular weight is 211 g/mol. The van der Waals surface area contributed by atoms with Gasteiger partial charge in [-0.3, -0.25) is 9.00 Å². The van der Waals surface area contributed by atoms with Gasteiger partial charge in [-0.2, -0.15) is 0 Å². The first-order valence-corrected chi connectivity index (χ1v) is 5.71. The van der Waals surface area contributed by atoms with E-state index >= 15 is 0 Å². The summed E-state index contributed by atoms with van der Waals surface area (Å²) in [6, 6.07) is 7.12. The lowest BCUT2D eigenvalue weighted by molar-refractivity contribution is -0.117. The molecular weight excluding hydrogens is 198 g/mol. The summed E-state index contributed by atoms with van der Waals surface area (Å²) in [5, 5.41) is 0. The van der Waals surface area contributed by atoms with Crippen LogP contribution in [0.5, 0.6) is 0 Å². The monoisotopic (exact) mass is 211 g/mol. The molecule has 2 N–H and O–H groups in total. The molecule has 0 aromatic heterocycles. The smallest absolute Gasteiger partial charge is 0.221 e. The summed E-state index contributed by atoms with van der Waals surface area (Å²) in [4.78, 5) is 11.4. The Balaban J connectivity index is 2.78. The largest absolute Gasteiger partial charge is 0.369 e. The molecule has 0 radical (unpaired) electrons. The van der Waals surface area contributed by atoms with Crippen molar-refractivity contribution in [2.75, 3.05) is 5.75 Å². The van der Waals surface area contributed by atoms with Crippen LogP contribution in [0.4, 0.5) is 0 Å². The van der Waals surface area contributed by atoms with Gasteiger partial charge in [0.2, 0.25) is 5.91 Å². The van der Waals surface area contributed by atoms with Crippen molar-refractivity contribution >= 4 is 16.7 Å². The molecule has 0 aliphatic rings. The van der Waals surface area contributed by atoms with E-state index < -0.39 is 10.8 Å². The molecule has 1 aromatic rings. The molecule has 1 rings (SSSR count). The number of primary amides is 1. The second kappa shape index (κ2) is 4.91. The molecule has 0 saturated heterocycles. The fourth-order valence-corrected chi connectivity index (χ4v) is 1.90. The molecule has 0 fully saturated rings. The second-order valence-corrected chi connectivity index (χ2v) is 4.66. The minimum Gasteiger partial charge on any atom is -0.369 e. The lowest BCUT2D eigenvalue weighted by atomic mass is 10.1. The first kappa shape index (κ1) is 10.9. The number of rotatable bonds is 4. The highest BCUT2D eigenvalue weighted by Gasteiger charge is 2.02. The van der Waals surface area contributed by atoms with Crippen LogP contribution in [0.1, 0.15) is 12.5 Å². The predicted octanol–water partition coefficient (Wildman–Crippen LogP) is 0.842. The van der Waals surface area contributed by atoms with Crippen molar-refractivity contribution in [3.63, 3.8) is 0 Å². The van der Waals surface area contributed by atoms with Crippen LogP contribution in [0, 0.1) is 0 Å². The molecule has 0 aliphatic heterocycles. The summed E-state index contributed by atoms with van der Waals surface area (Å²) in [7, 11) is -0.928. The molecule has 3 nitrogen and oxygen atoms in total. The van der Waals surface area contributed by atoms with Gasteiger partial charge in [0.05, 0.1) is 17.2 Å². The van der Waals surface area contributed by atoms with Crippen LogP contribution in [0.3, 0.4) is 0 Å². The zero-order valence-electron chi connectivity index (χ0n) is 8.03. The number of hydrogen-bond donors (Lipinski definition) is 1. The fourth-order valence-electron chi connectivity index (χ4n) is 1.13. The highest BCUT2D eigenvalue weighted by atomic mass is 32.2. The lowest BCUT2D eigenvalue weighted by Crippen LogP contribution is -2.13. The highest BCUT2D eigenvalue weighted by molar-refractivity contribution is 7.85. The minimum atomic E-state index is -0.928. The molecular formula is C10H13NO2S. The number of nitrogens with two attached hydrogens (primary N) is 1. The standard InChI is InChI=1S/C10H13NO2S/c1-2-14(13)9-5-3-8(4-6-9)7-10(11)12/h3-6H,2,7H2,1H3,(H2,11,12). The van der Waals surface area contributed by atoms with E-state index in [9.17, 15) is 9.00 Å². The predicted molar refractivity (Wildman–Crippen MR) is 56.3 cm³/mol. The maximum atomic E-state index is 11.4. The lowest BCUT2D eigenvalue weighted by Gasteiger charge is -2.00. The maximum Gasteiger partial charge on any atom is 0.221 e. The Labute approximate surface area is 85.8 Å². The number of carbonyl (C=O) groups excluding carboxylic acids is 1. The third kappa shape index (κ3) is 2.96. The molecule has 0 heterocycles. The molecule has 1 aromatic carbocycles. The van der Waals surface area contributed by atoms with E-state index in [2.05, 4.69) is 0 Å². The van der Waals surface area contributed by atoms with Gasteiger partial charge in [0.15, 0.2) is 0 Å². The molecule has 0 bridgehead atoms. The van der Waals surface area contributed by atoms with Gasteiger partial charge in [0, 0.05) is 10.6 Å². The fraction of sp³-hybridized carbons (Fsp3) is 0.300. The summed E-state index contributed by atoms with van der Waals surface area (Å²) >= 11 is 0. The molecule has 4 heteroatoms. The van der Waals surface area contributed by atoms with Gasteiger partial charge in [-0.05, 0) is 17.7 Å². The van der Waals surface area contributed by atoms with Crippen molar-refractivity contribution in [1.82, 2.24) is 0 Å². The van der Waals surface area contributed by atoms with Crippen molar-refractivity contribution in [2.45, 2.75) is 18.2 Å². The first-order valence-electron chi connectivity index (χ1n) is 4.39. The summed E-state index contributed by atoms with van der Waals surface area (Å²) in [5.74, 6) is 0.254. The third-order valence-corrected chi connectivity index (χ3v) is 3.15. The van der Waals surface area contributed by atoms with E-state index in [0.29, 0.717) is 5.75 Å². The summed E-state index contributed by atoms with van der Waals surface area (Å²) in [6.45, 7) is 1.87. The van der Waals surface area contributed by atoms with Crippen LogP contribution in [0.2, 0.25) is 0 Å². The zero-order valence-corrected chi connectivity index (χ0v) is 8.84. The van der Waals surface area contributed by atoms with E-state index in [1.807, 2.05) is 6.92 Å². The quantitative estimate of drug-likeness (QED) is 0.802. The van der Waals surface area contributed by atoms with Crippen LogP contribution < -0.4 is 5.73 Å². The molecule has 1 unspecified atom stereocenters. The van der Waals surface area contributed by atoms with Crippen LogP contribution in [0.15, 0.2) is 29.2 Å². The van der Waals surface area contributed by atoms with Crippen molar-refractivity contribution in [3.8, 4) is 0 Å². The van der Waals surface area contributed by atoms with E-state index in [0.717, 1.165) is 10.5 Å². The maximum absolute atomic E-state index is 11.4. The Morgan fingerprint density at radius 3 is 2.36 bits per heavy atom. The van der Waals surface area contributed by atoms with E-state index in [-0.39, 0.29) is 12.3 Å². The van der Waals surface area contributed by atoms with Gasteiger partial charge >= 0.3 is 0 Å². The summed E-state index contributed by atoms with van der Waals surface area (Å²) < 4.78 is 11.4. The Bertz CT molecular complexity index is 346. The Hall–Kier alpha value is -1.16. The van der Waals surface area contributed by atoms with Gasteiger partial charge in [0.25, 0.3) is 0 Å². The number of hydrogen-bond acceptors (Lipinski definition) is 2. The Morgan fingerprint density at radius 2 is 1.93 bits per heavy atom. The highest BCUT2D eigenvalue weighted by Crippen LogP contribution is 2.09. The van der Waals surface area contributed by atoms with Crippen LogP contribution >= 0.6 is 0 Å². The summed E-state index contributed by atoms with van der Waals surface area (Å²) in [6.07, 6.45) is 0.235. The van der Waals surface area contributed by atoms with Crippen LogP contribution in [-0.4, -0.2) is 15.9 Å². The SMILES string of the molecule is CCS(=O)c1ccc(CC(N)=O)cc1. The number of amides is 1. The molecule has 1 atom stereocenters. The topological polar surface area (TPSA) is 60.2 Å². The third-order valence-electron chi connectivity index (χ3n) is 1.83. The van der Waals surface area contributed by atoms with E-state index in [1.54, 1.807) is 24.3 Å². The van der Waals surface area contributed by atoms with Crippen LogP contribution in [0.25, 0.3) is 0 Å². The Morgan fingerprint density at radius 1 is 1.36 bits per heavy atom. The zero-order chi connectivity index (χ0) is 10.6. The number of carbonyl (C=O) groups is 1. The minimum absolute atomic E-state index is 0.235. The summed E-state index contributed by atoms with van der Waals surface area (Å²) in [5.41, 5.74) is 5.91. The van der Waals surface area contributed by atoms with Gasteiger partial charge in [-0.25, -0.2) is 0 Å². The van der Waals surface area contributed by atoms with Crippen molar-refractivity contribution < 1.29 is 9.00 Å². The van der Waals surface area contributed by atoms with Gasteiger partial charge in [-0.1, -0.05) is 19.1 Å². The van der Waals surface area contributed by atoms with E-state index in [4.69, 9.17) is 5.73 Å². The van der Waals surface area contributed by atoms with Crippen molar-refractivity contribution in [3.05, 3.63) is 29.8 Å². The van der Waals surface area contributed by atoms with Crippen LogP contribution in [-0.2, 0) is 22.0 Å². The Kier molecular flexibility index (Phi) is 3.83. The van der Waals surface area contributed by atoms with Gasteiger partial charge in [0.1, 0.15) is 0 Å². The molecule has 76 valence electrons. The van der Waals surface area contributed by atoms with Gasteiger partial charge < -0.3 is 5.73 Å². The average Bonchev–Trinajstić information content (AvgIpc) is 2.17. The molecule has 1 amide bonds. The molecule has 0 aliphatic carbocycles. The molecule has 14 heavy (non-hydrogen) atoms. The second-order valence-electron chi connectivity index (χ2n) is 2.92. The number of benzene rings is 1. The molecule has 0 saturated carbocycles. The van der Waals surface area contributed by atoms with Crippen molar-refractivity contribution in [1.29, 1.82) is 0 Å². The molecule has 0 spiro atoms. The normalized spacial score (nSPS) is 12.4. The van der Waals surface area contributed by atoms with E-state index in [1.165, 1.54) is 0 Å².